The van der Waals surface area contributed by atoms with Gasteiger partial charge in [-0.1, -0.05) is 41.9 Å². The molecule has 0 bridgehead atoms. The Bertz CT molecular complexity index is 719. The molecule has 1 atom stereocenters. The van der Waals surface area contributed by atoms with Crippen LogP contribution in [0.15, 0.2) is 48.5 Å². The van der Waals surface area contributed by atoms with Crippen LogP contribution in [0.3, 0.4) is 0 Å². The third kappa shape index (κ3) is 4.99. The Morgan fingerprint density at radius 1 is 1.17 bits per heavy atom. The van der Waals surface area contributed by atoms with E-state index in [0.717, 1.165) is 5.56 Å². The van der Waals surface area contributed by atoms with E-state index in [-0.39, 0.29) is 18.2 Å². The first-order chi connectivity index (χ1) is 11.5. The quantitative estimate of drug-likeness (QED) is 0.840. The van der Waals surface area contributed by atoms with Crippen LogP contribution in [0.1, 0.15) is 24.9 Å². The smallest absolute Gasteiger partial charge is 0.226 e. The summed E-state index contributed by atoms with van der Waals surface area (Å²) in [6, 6.07) is 14.0. The topological polar surface area (TPSA) is 67.4 Å². The van der Waals surface area contributed by atoms with Crippen molar-refractivity contribution in [2.75, 3.05) is 12.4 Å². The molecule has 0 spiro atoms. The van der Waals surface area contributed by atoms with Crippen molar-refractivity contribution >= 4 is 29.1 Å². The molecule has 0 saturated carbocycles. The first kappa shape index (κ1) is 17.8. The fourth-order valence-corrected chi connectivity index (χ4v) is 2.58. The van der Waals surface area contributed by atoms with Crippen LogP contribution < -0.4 is 15.4 Å². The van der Waals surface area contributed by atoms with Gasteiger partial charge in [0.2, 0.25) is 11.8 Å². The molecule has 0 heterocycles. The van der Waals surface area contributed by atoms with Gasteiger partial charge >= 0.3 is 0 Å². The maximum Gasteiger partial charge on any atom is 0.226 e. The van der Waals surface area contributed by atoms with E-state index < -0.39 is 6.04 Å². The van der Waals surface area contributed by atoms with Crippen LogP contribution >= 0.6 is 11.6 Å². The summed E-state index contributed by atoms with van der Waals surface area (Å²) in [6.07, 6.45) is 0.118. The first-order valence-corrected chi connectivity index (χ1v) is 7.83. The lowest BCUT2D eigenvalue weighted by atomic mass is 10.0. The molecule has 2 aromatic rings. The minimum absolute atomic E-state index is 0.118. The van der Waals surface area contributed by atoms with Crippen molar-refractivity contribution in [1.82, 2.24) is 5.32 Å². The molecule has 0 aliphatic rings. The second-order valence-electron chi connectivity index (χ2n) is 5.27. The highest BCUT2D eigenvalue weighted by atomic mass is 35.5. The molecule has 0 aliphatic heterocycles. The van der Waals surface area contributed by atoms with Crippen LogP contribution in [0.25, 0.3) is 0 Å². The molecular formula is C18H19ClN2O3. The Morgan fingerprint density at radius 3 is 2.46 bits per heavy atom. The summed E-state index contributed by atoms with van der Waals surface area (Å²) in [5.74, 6) is 0.123. The van der Waals surface area contributed by atoms with Gasteiger partial charge < -0.3 is 15.4 Å². The molecule has 2 rings (SSSR count). The van der Waals surface area contributed by atoms with E-state index >= 15 is 0 Å². The molecule has 0 saturated heterocycles. The normalized spacial score (nSPS) is 11.5. The number of amides is 2. The average molecular weight is 347 g/mol. The third-order valence-corrected chi connectivity index (χ3v) is 3.70. The second-order valence-corrected chi connectivity index (χ2v) is 5.67. The van der Waals surface area contributed by atoms with E-state index in [1.54, 1.807) is 18.2 Å². The van der Waals surface area contributed by atoms with Gasteiger partial charge in [-0.15, -0.1) is 0 Å². The Labute approximate surface area is 146 Å². The molecule has 5 nitrogen and oxygen atoms in total. The zero-order valence-corrected chi connectivity index (χ0v) is 14.3. The Hall–Kier alpha value is -2.53. The molecular weight excluding hydrogens is 328 g/mol. The van der Waals surface area contributed by atoms with Gasteiger partial charge in [0.05, 0.1) is 24.6 Å². The van der Waals surface area contributed by atoms with Gasteiger partial charge in [0.1, 0.15) is 5.75 Å². The van der Waals surface area contributed by atoms with E-state index in [4.69, 9.17) is 16.3 Å². The highest BCUT2D eigenvalue weighted by Gasteiger charge is 2.17. The van der Waals surface area contributed by atoms with Gasteiger partial charge in [-0.25, -0.2) is 0 Å². The van der Waals surface area contributed by atoms with Crippen molar-refractivity contribution in [2.24, 2.45) is 0 Å². The summed E-state index contributed by atoms with van der Waals surface area (Å²) >= 11 is 6.05. The zero-order valence-electron chi connectivity index (χ0n) is 13.5. The molecule has 2 aromatic carbocycles. The number of rotatable bonds is 6. The average Bonchev–Trinajstić information content (AvgIpc) is 2.55. The van der Waals surface area contributed by atoms with Crippen LogP contribution in [0, 0.1) is 0 Å². The van der Waals surface area contributed by atoms with Gasteiger partial charge in [-0.2, -0.15) is 0 Å². The number of carbonyl (C=O) groups is 2. The number of nitrogens with one attached hydrogen (secondary N) is 2. The van der Waals surface area contributed by atoms with Crippen LogP contribution in [0.4, 0.5) is 5.69 Å². The second kappa shape index (κ2) is 8.36. The number of anilines is 1. The molecule has 126 valence electrons. The van der Waals surface area contributed by atoms with Gasteiger partial charge in [0.15, 0.2) is 0 Å². The van der Waals surface area contributed by atoms with E-state index in [2.05, 4.69) is 10.6 Å². The van der Waals surface area contributed by atoms with Crippen molar-refractivity contribution in [1.29, 1.82) is 0 Å². The van der Waals surface area contributed by atoms with Crippen molar-refractivity contribution in [3.8, 4) is 5.75 Å². The lowest BCUT2D eigenvalue weighted by molar-refractivity contribution is -0.120. The monoisotopic (exact) mass is 346 g/mol. The van der Waals surface area contributed by atoms with Gasteiger partial charge in [-0.05, 0) is 23.8 Å². The highest BCUT2D eigenvalue weighted by molar-refractivity contribution is 6.32. The lowest BCUT2D eigenvalue weighted by Gasteiger charge is -2.18. The highest BCUT2D eigenvalue weighted by Crippen LogP contribution is 2.27. The van der Waals surface area contributed by atoms with E-state index in [9.17, 15) is 9.59 Å². The Morgan fingerprint density at radius 2 is 1.88 bits per heavy atom. The molecule has 0 radical (unpaired) electrons. The molecule has 0 aliphatic carbocycles. The van der Waals surface area contributed by atoms with Crippen LogP contribution in [-0.2, 0) is 9.59 Å². The molecule has 24 heavy (non-hydrogen) atoms. The van der Waals surface area contributed by atoms with Crippen LogP contribution in [0.5, 0.6) is 5.75 Å². The molecule has 1 unspecified atom stereocenters. The Kier molecular flexibility index (Phi) is 6.21. The van der Waals surface area contributed by atoms with E-state index in [0.29, 0.717) is 16.5 Å². The van der Waals surface area contributed by atoms with Crippen molar-refractivity contribution in [2.45, 2.75) is 19.4 Å². The number of benzene rings is 2. The van der Waals surface area contributed by atoms with E-state index in [1.165, 1.54) is 14.0 Å². The van der Waals surface area contributed by atoms with Crippen LogP contribution in [0.2, 0.25) is 5.02 Å². The largest absolute Gasteiger partial charge is 0.495 e. The fraction of sp³-hybridized carbons (Fsp3) is 0.222. The zero-order chi connectivity index (χ0) is 17.5. The van der Waals surface area contributed by atoms with E-state index in [1.807, 2.05) is 30.3 Å². The summed E-state index contributed by atoms with van der Waals surface area (Å²) in [4.78, 5) is 23.7. The first-order valence-electron chi connectivity index (χ1n) is 7.45. The minimum Gasteiger partial charge on any atom is -0.495 e. The number of ether oxygens (including phenoxy) is 1. The Balaban J connectivity index is 2.07. The maximum absolute atomic E-state index is 12.3. The fourth-order valence-electron chi connectivity index (χ4n) is 2.32. The summed E-state index contributed by atoms with van der Waals surface area (Å²) in [7, 11) is 1.53. The minimum atomic E-state index is -0.391. The number of hydrogen-bond acceptors (Lipinski definition) is 3. The summed E-state index contributed by atoms with van der Waals surface area (Å²) in [6.45, 7) is 1.43. The molecule has 2 N–H and O–H groups in total. The summed E-state index contributed by atoms with van der Waals surface area (Å²) in [5.41, 5.74) is 1.44. The number of halogens is 1. The standard InChI is InChI=1S/C18H19ClN2O3/c1-12(22)20-16(13-6-4-3-5-7-13)11-18(23)21-14-8-9-17(24-2)15(19)10-14/h3-10,16H,11H2,1-2H3,(H,20,22)(H,21,23). The number of methoxy groups -OCH3 is 1. The van der Waals surface area contributed by atoms with Crippen molar-refractivity contribution in [3.05, 3.63) is 59.1 Å². The lowest BCUT2D eigenvalue weighted by Crippen LogP contribution is -2.29. The number of hydrogen-bond donors (Lipinski definition) is 2. The predicted octanol–water partition coefficient (Wildman–Crippen LogP) is 3.55. The molecule has 0 fully saturated rings. The third-order valence-electron chi connectivity index (χ3n) is 3.40. The van der Waals surface area contributed by atoms with Crippen LogP contribution in [-0.4, -0.2) is 18.9 Å². The SMILES string of the molecule is COc1ccc(NC(=O)CC(NC(C)=O)c2ccccc2)cc1Cl. The maximum atomic E-state index is 12.3. The predicted molar refractivity (Wildman–Crippen MR) is 94.3 cm³/mol. The van der Waals surface area contributed by atoms with Crippen molar-refractivity contribution in [3.63, 3.8) is 0 Å². The van der Waals surface area contributed by atoms with Gasteiger partial charge in [0, 0.05) is 12.6 Å². The summed E-state index contributed by atoms with van der Waals surface area (Å²) in [5, 5.41) is 5.99. The molecule has 0 aromatic heterocycles. The summed E-state index contributed by atoms with van der Waals surface area (Å²) < 4.78 is 5.08. The molecule has 6 heteroatoms. The van der Waals surface area contributed by atoms with Gasteiger partial charge in [-0.3, -0.25) is 9.59 Å². The molecule has 2 amide bonds. The number of carbonyl (C=O) groups excluding carboxylic acids is 2. The van der Waals surface area contributed by atoms with Crippen molar-refractivity contribution < 1.29 is 14.3 Å². The van der Waals surface area contributed by atoms with Gasteiger partial charge in [0.25, 0.3) is 0 Å².